The second-order valence-corrected chi connectivity index (χ2v) is 19.0. The Morgan fingerprint density at radius 2 is 0.700 bits per heavy atom. The highest BCUT2D eigenvalue weighted by Gasteiger charge is 2.24. The number of esters is 1. The number of carbonyl (C=O) groups is 2. The molecule has 1 amide bonds. The minimum absolute atomic E-state index is 0.0880. The molecular weight excluding hydrogens is 743 g/mol. The molecule has 6 heteroatoms. The number of hydrogen-bond acceptors (Lipinski definition) is 5. The first-order valence-electron chi connectivity index (χ1n) is 27.3. The molecule has 0 heterocycles. The van der Waals surface area contributed by atoms with Crippen molar-refractivity contribution in [3.63, 3.8) is 0 Å². The van der Waals surface area contributed by atoms with Crippen molar-refractivity contribution in [1.29, 1.82) is 0 Å². The summed E-state index contributed by atoms with van der Waals surface area (Å²) in [6, 6.07) is -0.691. The summed E-state index contributed by atoms with van der Waals surface area (Å²) in [5, 5.41) is 23.7. The molecule has 0 aliphatic carbocycles. The van der Waals surface area contributed by atoms with Crippen LogP contribution < -0.4 is 5.32 Å². The highest BCUT2D eigenvalue weighted by atomic mass is 16.5. The van der Waals surface area contributed by atoms with Gasteiger partial charge in [0.05, 0.1) is 25.2 Å². The summed E-state index contributed by atoms with van der Waals surface area (Å²) in [6.45, 7) is 6.51. The average Bonchev–Trinajstić information content (AvgIpc) is 3.24. The van der Waals surface area contributed by atoms with E-state index in [1.165, 1.54) is 225 Å². The van der Waals surface area contributed by atoms with Crippen molar-refractivity contribution in [2.45, 2.75) is 328 Å². The Labute approximate surface area is 375 Å². The minimum atomic E-state index is -0.778. The van der Waals surface area contributed by atoms with E-state index in [4.69, 9.17) is 4.74 Å². The molecular formula is C54H107NO5. The Morgan fingerprint density at radius 3 is 1.02 bits per heavy atom. The van der Waals surface area contributed by atoms with Gasteiger partial charge in [-0.1, -0.05) is 271 Å². The van der Waals surface area contributed by atoms with Gasteiger partial charge in [0.2, 0.25) is 5.91 Å². The minimum Gasteiger partial charge on any atom is -0.462 e. The molecule has 6 nitrogen and oxygen atoms in total. The van der Waals surface area contributed by atoms with Crippen molar-refractivity contribution in [1.82, 2.24) is 5.32 Å². The molecule has 0 aliphatic heterocycles. The zero-order valence-electron chi connectivity index (χ0n) is 40.9. The SMILES string of the molecule is CCCCCCCCCCCCCCCCCCCC(=O)OC(CCCCCCCCCCCCCCCC)CC(=O)NC(CO)C(O)CCCCCCCCCCCC. The van der Waals surface area contributed by atoms with Crippen LogP contribution in [-0.2, 0) is 14.3 Å². The van der Waals surface area contributed by atoms with E-state index in [1.54, 1.807) is 0 Å². The van der Waals surface area contributed by atoms with Crippen LogP contribution in [-0.4, -0.2) is 46.9 Å². The number of rotatable bonds is 50. The van der Waals surface area contributed by atoms with Crippen LogP contribution in [0.3, 0.4) is 0 Å². The number of aliphatic hydroxyl groups excluding tert-OH is 2. The van der Waals surface area contributed by atoms with Crippen LogP contribution in [0.4, 0.5) is 0 Å². The maximum Gasteiger partial charge on any atom is 0.306 e. The summed E-state index contributed by atoms with van der Waals surface area (Å²) in [6.07, 6.45) is 53.1. The lowest BCUT2D eigenvalue weighted by molar-refractivity contribution is -0.151. The summed E-state index contributed by atoms with van der Waals surface area (Å²) in [4.78, 5) is 26.2. The van der Waals surface area contributed by atoms with Crippen LogP contribution in [0.5, 0.6) is 0 Å². The van der Waals surface area contributed by atoms with E-state index in [9.17, 15) is 19.8 Å². The van der Waals surface area contributed by atoms with Crippen LogP contribution in [0.15, 0.2) is 0 Å². The summed E-state index contributed by atoms with van der Waals surface area (Å²) >= 11 is 0. The summed E-state index contributed by atoms with van der Waals surface area (Å²) < 4.78 is 5.95. The summed E-state index contributed by atoms with van der Waals surface area (Å²) in [7, 11) is 0. The van der Waals surface area contributed by atoms with E-state index in [2.05, 4.69) is 26.1 Å². The standard InChI is InChI=1S/C54H107NO5/c1-4-7-10-13-16-19-22-24-26-27-28-30-32-35-38-41-44-47-54(59)60-50(45-42-39-36-33-31-29-25-23-20-17-14-11-8-5-2)48-53(58)55-51(49-56)52(57)46-43-40-37-34-21-18-15-12-9-6-3/h50-52,56-57H,4-49H2,1-3H3,(H,55,58). The number of unbranched alkanes of at least 4 members (excludes halogenated alkanes) is 38. The maximum atomic E-state index is 13.2. The fourth-order valence-corrected chi connectivity index (χ4v) is 8.79. The molecule has 0 aromatic heterocycles. The van der Waals surface area contributed by atoms with Gasteiger partial charge in [-0.15, -0.1) is 0 Å². The van der Waals surface area contributed by atoms with Crippen molar-refractivity contribution in [3.8, 4) is 0 Å². The fourth-order valence-electron chi connectivity index (χ4n) is 8.79. The normalized spacial score (nSPS) is 13.1. The number of hydrogen-bond donors (Lipinski definition) is 3. The molecule has 0 aromatic carbocycles. The Morgan fingerprint density at radius 1 is 0.417 bits per heavy atom. The Hall–Kier alpha value is -1.14. The van der Waals surface area contributed by atoms with Crippen LogP contribution in [0, 0.1) is 0 Å². The molecule has 0 bridgehead atoms. The predicted octanol–water partition coefficient (Wildman–Crippen LogP) is 16.4. The molecule has 3 unspecified atom stereocenters. The quantitative estimate of drug-likeness (QED) is 0.0419. The zero-order chi connectivity index (χ0) is 43.8. The van der Waals surface area contributed by atoms with Gasteiger partial charge in [-0.2, -0.15) is 0 Å². The summed E-state index contributed by atoms with van der Waals surface area (Å²) in [5.41, 5.74) is 0. The largest absolute Gasteiger partial charge is 0.462 e. The van der Waals surface area contributed by atoms with Gasteiger partial charge in [-0.3, -0.25) is 9.59 Å². The molecule has 0 aromatic rings. The van der Waals surface area contributed by atoms with Gasteiger partial charge < -0.3 is 20.3 Å². The Balaban J connectivity index is 4.47. The maximum absolute atomic E-state index is 13.2. The van der Waals surface area contributed by atoms with Gasteiger partial charge in [0.1, 0.15) is 6.10 Å². The molecule has 3 N–H and O–H groups in total. The van der Waals surface area contributed by atoms with Crippen molar-refractivity contribution < 1.29 is 24.5 Å². The molecule has 0 radical (unpaired) electrons. The lowest BCUT2D eigenvalue weighted by Crippen LogP contribution is -2.46. The van der Waals surface area contributed by atoms with Gasteiger partial charge >= 0.3 is 5.97 Å². The van der Waals surface area contributed by atoms with E-state index in [1.807, 2.05) is 0 Å². The lowest BCUT2D eigenvalue weighted by Gasteiger charge is -2.24. The number of carbonyl (C=O) groups excluding carboxylic acids is 2. The Bertz CT molecular complexity index is 867. The number of nitrogens with one attached hydrogen (secondary N) is 1. The molecule has 358 valence electrons. The molecule has 0 fully saturated rings. The van der Waals surface area contributed by atoms with Crippen LogP contribution in [0.25, 0.3) is 0 Å². The second-order valence-electron chi connectivity index (χ2n) is 19.0. The number of ether oxygens (including phenoxy) is 1. The van der Waals surface area contributed by atoms with Crippen molar-refractivity contribution in [3.05, 3.63) is 0 Å². The molecule has 0 saturated carbocycles. The zero-order valence-corrected chi connectivity index (χ0v) is 40.9. The van der Waals surface area contributed by atoms with Gasteiger partial charge in [0.15, 0.2) is 0 Å². The smallest absolute Gasteiger partial charge is 0.306 e. The number of amides is 1. The molecule has 0 aliphatic rings. The lowest BCUT2D eigenvalue weighted by atomic mass is 10.0. The van der Waals surface area contributed by atoms with Crippen LogP contribution >= 0.6 is 0 Å². The van der Waals surface area contributed by atoms with Gasteiger partial charge in [0, 0.05) is 6.42 Å². The first-order valence-corrected chi connectivity index (χ1v) is 27.3. The van der Waals surface area contributed by atoms with Crippen molar-refractivity contribution >= 4 is 11.9 Å². The molecule has 3 atom stereocenters. The third kappa shape index (κ3) is 43.5. The topological polar surface area (TPSA) is 95.9 Å². The Kier molecular flexibility index (Phi) is 48.0. The van der Waals surface area contributed by atoms with Crippen molar-refractivity contribution in [2.24, 2.45) is 0 Å². The predicted molar refractivity (Wildman–Crippen MR) is 260 cm³/mol. The van der Waals surface area contributed by atoms with Gasteiger partial charge in [-0.25, -0.2) is 0 Å². The molecule has 0 rings (SSSR count). The average molecular weight is 850 g/mol. The molecule has 0 saturated heterocycles. The van der Waals surface area contributed by atoms with Gasteiger partial charge in [-0.05, 0) is 25.7 Å². The van der Waals surface area contributed by atoms with E-state index < -0.39 is 18.2 Å². The first-order chi connectivity index (χ1) is 29.5. The third-order valence-corrected chi connectivity index (χ3v) is 12.9. The van der Waals surface area contributed by atoms with E-state index in [0.717, 1.165) is 38.5 Å². The van der Waals surface area contributed by atoms with E-state index in [-0.39, 0.29) is 24.9 Å². The van der Waals surface area contributed by atoms with Crippen molar-refractivity contribution in [2.75, 3.05) is 6.61 Å². The fraction of sp³-hybridized carbons (Fsp3) is 0.963. The van der Waals surface area contributed by atoms with Gasteiger partial charge in [0.25, 0.3) is 0 Å². The van der Waals surface area contributed by atoms with Crippen LogP contribution in [0.2, 0.25) is 0 Å². The monoisotopic (exact) mass is 850 g/mol. The summed E-state index contributed by atoms with van der Waals surface area (Å²) in [5.74, 6) is -0.448. The molecule has 0 spiro atoms. The van der Waals surface area contributed by atoms with Crippen LogP contribution in [0.1, 0.15) is 310 Å². The molecule has 60 heavy (non-hydrogen) atoms. The van der Waals surface area contributed by atoms with E-state index >= 15 is 0 Å². The highest BCUT2D eigenvalue weighted by Crippen LogP contribution is 2.19. The number of aliphatic hydroxyl groups is 2. The van der Waals surface area contributed by atoms with E-state index in [0.29, 0.717) is 19.3 Å². The second kappa shape index (κ2) is 48.9. The first kappa shape index (κ1) is 58.9. The third-order valence-electron chi connectivity index (χ3n) is 12.9. The highest BCUT2D eigenvalue weighted by molar-refractivity contribution is 5.77.